The predicted octanol–water partition coefficient (Wildman–Crippen LogP) is 2.37. The average Bonchev–Trinajstić information content (AvgIpc) is 2.77. The molecule has 90 valence electrons. The number of hydrogen-bond donors (Lipinski definition) is 1. The van der Waals surface area contributed by atoms with Crippen molar-refractivity contribution in [1.82, 2.24) is 10.3 Å². The summed E-state index contributed by atoms with van der Waals surface area (Å²) in [6.45, 7) is 6.70. The molecule has 2 atom stereocenters. The van der Waals surface area contributed by atoms with Crippen molar-refractivity contribution in [3.05, 3.63) is 11.1 Å². The van der Waals surface area contributed by atoms with E-state index in [1.54, 1.807) is 11.3 Å². The number of nitrogens with zero attached hydrogens (tertiary/aromatic N) is 2. The first-order valence-corrected chi connectivity index (χ1v) is 7.62. The number of aromatic nitrogens is 1. The Labute approximate surface area is 106 Å². The van der Waals surface area contributed by atoms with Crippen LogP contribution in [-0.4, -0.2) is 36.1 Å². The Kier molecular flexibility index (Phi) is 4.10. The maximum absolute atomic E-state index is 4.71. The van der Waals surface area contributed by atoms with Gasteiger partial charge in [0.15, 0.2) is 5.13 Å². The molecule has 0 spiro atoms. The number of anilines is 1. The summed E-state index contributed by atoms with van der Waals surface area (Å²) in [6.07, 6.45) is 0. The van der Waals surface area contributed by atoms with Gasteiger partial charge in [0.1, 0.15) is 0 Å². The van der Waals surface area contributed by atoms with Gasteiger partial charge in [0, 0.05) is 35.5 Å². The van der Waals surface area contributed by atoms with Gasteiger partial charge in [-0.3, -0.25) is 0 Å². The van der Waals surface area contributed by atoms with Crippen LogP contribution in [0.5, 0.6) is 0 Å². The first-order chi connectivity index (χ1) is 7.70. The molecular formula is C11H19N3S2. The molecule has 0 saturated carbocycles. The highest BCUT2D eigenvalue weighted by molar-refractivity contribution is 8.00. The monoisotopic (exact) mass is 257 g/mol. The zero-order chi connectivity index (χ0) is 11.5. The van der Waals surface area contributed by atoms with Crippen LogP contribution < -0.4 is 10.2 Å². The van der Waals surface area contributed by atoms with E-state index in [2.05, 4.69) is 41.2 Å². The van der Waals surface area contributed by atoms with Gasteiger partial charge < -0.3 is 10.2 Å². The summed E-state index contributed by atoms with van der Waals surface area (Å²) in [5.41, 5.74) is 1.16. The third-order valence-corrected chi connectivity index (χ3v) is 4.95. The molecule has 1 aromatic heterocycles. The molecule has 0 bridgehead atoms. The van der Waals surface area contributed by atoms with Crippen molar-refractivity contribution in [3.63, 3.8) is 0 Å². The highest BCUT2D eigenvalue weighted by Gasteiger charge is 2.20. The van der Waals surface area contributed by atoms with Crippen molar-refractivity contribution < 1.29 is 0 Å². The van der Waals surface area contributed by atoms with Gasteiger partial charge in [-0.1, -0.05) is 6.92 Å². The van der Waals surface area contributed by atoms with Crippen molar-refractivity contribution in [2.45, 2.75) is 25.1 Å². The van der Waals surface area contributed by atoms with Gasteiger partial charge in [-0.2, -0.15) is 11.8 Å². The second kappa shape index (κ2) is 5.38. The molecule has 1 fully saturated rings. The molecule has 1 saturated heterocycles. The smallest absolute Gasteiger partial charge is 0.185 e. The number of thiazole rings is 1. The summed E-state index contributed by atoms with van der Waals surface area (Å²) in [6, 6.07) is 0.349. The van der Waals surface area contributed by atoms with Gasteiger partial charge in [0.25, 0.3) is 0 Å². The van der Waals surface area contributed by atoms with Gasteiger partial charge in [0.05, 0.1) is 5.69 Å². The lowest BCUT2D eigenvalue weighted by molar-refractivity contribution is 0.635. The molecule has 1 aromatic rings. The fraction of sp³-hybridized carbons (Fsp3) is 0.727. The van der Waals surface area contributed by atoms with Crippen LogP contribution in [0.25, 0.3) is 0 Å². The maximum Gasteiger partial charge on any atom is 0.185 e. The molecule has 5 heteroatoms. The number of rotatable bonds is 3. The Hall–Kier alpha value is -0.260. The molecule has 1 N–H and O–H groups in total. The Morgan fingerprint density at radius 1 is 1.62 bits per heavy atom. The number of nitrogens with one attached hydrogen (secondary N) is 1. The molecule has 1 aliphatic rings. The van der Waals surface area contributed by atoms with Crippen molar-refractivity contribution >= 4 is 28.2 Å². The highest BCUT2D eigenvalue weighted by Crippen LogP contribution is 2.28. The van der Waals surface area contributed by atoms with Crippen molar-refractivity contribution in [2.24, 2.45) is 0 Å². The first kappa shape index (κ1) is 12.2. The van der Waals surface area contributed by atoms with Crippen LogP contribution >= 0.6 is 23.1 Å². The minimum absolute atomic E-state index is 0.349. The molecule has 1 aliphatic heterocycles. The normalized spacial score (nSPS) is 23.4. The van der Waals surface area contributed by atoms with E-state index in [-0.39, 0.29) is 0 Å². The zero-order valence-electron chi connectivity index (χ0n) is 10.1. The molecule has 16 heavy (non-hydrogen) atoms. The van der Waals surface area contributed by atoms with Crippen LogP contribution in [0.15, 0.2) is 5.38 Å². The van der Waals surface area contributed by atoms with Gasteiger partial charge in [-0.25, -0.2) is 4.98 Å². The third-order valence-electron chi connectivity index (χ3n) is 2.90. The van der Waals surface area contributed by atoms with Gasteiger partial charge in [-0.15, -0.1) is 11.3 Å². The van der Waals surface area contributed by atoms with Crippen LogP contribution in [0.1, 0.15) is 25.6 Å². The Balaban J connectivity index is 2.06. The summed E-state index contributed by atoms with van der Waals surface area (Å²) in [5, 5.41) is 7.31. The van der Waals surface area contributed by atoms with Gasteiger partial charge in [-0.05, 0) is 14.0 Å². The molecule has 2 unspecified atom stereocenters. The van der Waals surface area contributed by atoms with Crippen LogP contribution in [0, 0.1) is 0 Å². The highest BCUT2D eigenvalue weighted by atomic mass is 32.2. The summed E-state index contributed by atoms with van der Waals surface area (Å²) in [4.78, 5) is 7.13. The van der Waals surface area contributed by atoms with E-state index in [9.17, 15) is 0 Å². The molecule has 0 aliphatic carbocycles. The van der Waals surface area contributed by atoms with E-state index in [0.29, 0.717) is 6.04 Å². The summed E-state index contributed by atoms with van der Waals surface area (Å²) >= 11 is 3.82. The first-order valence-electron chi connectivity index (χ1n) is 5.70. The Bertz CT molecular complexity index is 340. The number of thioether (sulfide) groups is 1. The van der Waals surface area contributed by atoms with E-state index in [1.165, 1.54) is 10.9 Å². The number of hydrogen-bond acceptors (Lipinski definition) is 5. The fourth-order valence-electron chi connectivity index (χ4n) is 1.76. The topological polar surface area (TPSA) is 28.2 Å². The van der Waals surface area contributed by atoms with Crippen molar-refractivity contribution in [1.29, 1.82) is 0 Å². The lowest BCUT2D eigenvalue weighted by Gasteiger charge is -2.30. The van der Waals surface area contributed by atoms with E-state index in [1.807, 2.05) is 7.05 Å². The van der Waals surface area contributed by atoms with Crippen LogP contribution in [0.4, 0.5) is 5.13 Å². The lowest BCUT2D eigenvalue weighted by atomic mass is 10.3. The molecule has 3 nitrogen and oxygen atoms in total. The van der Waals surface area contributed by atoms with Crippen molar-refractivity contribution in [2.75, 3.05) is 30.8 Å². The van der Waals surface area contributed by atoms with Crippen LogP contribution in [0.2, 0.25) is 0 Å². The summed E-state index contributed by atoms with van der Waals surface area (Å²) in [7, 11) is 1.98. The predicted molar refractivity (Wildman–Crippen MR) is 73.7 cm³/mol. The van der Waals surface area contributed by atoms with E-state index >= 15 is 0 Å². The van der Waals surface area contributed by atoms with Crippen LogP contribution in [0.3, 0.4) is 0 Å². The molecule has 2 heterocycles. The minimum Gasteiger partial charge on any atom is -0.346 e. The molecule has 0 amide bonds. The second-order valence-corrected chi connectivity index (χ2v) is 6.58. The fourth-order valence-corrected chi connectivity index (χ4v) is 3.73. The lowest BCUT2D eigenvalue weighted by Crippen LogP contribution is -2.36. The van der Waals surface area contributed by atoms with E-state index in [0.717, 1.165) is 24.0 Å². The SMILES string of the molecule is CNC(C)c1csc(N2CCSC(C)C2)n1. The van der Waals surface area contributed by atoms with Gasteiger partial charge in [0.2, 0.25) is 0 Å². The molecule has 0 aromatic carbocycles. The van der Waals surface area contributed by atoms with E-state index < -0.39 is 0 Å². The van der Waals surface area contributed by atoms with Crippen molar-refractivity contribution in [3.8, 4) is 0 Å². The second-order valence-electron chi connectivity index (χ2n) is 4.19. The standard InChI is InChI=1S/C11H19N3S2/c1-8-6-14(4-5-15-8)11-13-10(7-16-11)9(2)12-3/h7-9,12H,4-6H2,1-3H3. The zero-order valence-corrected chi connectivity index (χ0v) is 11.7. The Morgan fingerprint density at radius 3 is 3.12 bits per heavy atom. The molecule has 0 radical (unpaired) electrons. The molecular weight excluding hydrogens is 238 g/mol. The van der Waals surface area contributed by atoms with Gasteiger partial charge >= 0.3 is 0 Å². The third kappa shape index (κ3) is 2.70. The molecule has 2 rings (SSSR count). The average molecular weight is 257 g/mol. The Morgan fingerprint density at radius 2 is 2.44 bits per heavy atom. The quantitative estimate of drug-likeness (QED) is 0.900. The largest absolute Gasteiger partial charge is 0.346 e. The van der Waals surface area contributed by atoms with E-state index in [4.69, 9.17) is 4.98 Å². The minimum atomic E-state index is 0.349. The maximum atomic E-state index is 4.71. The van der Waals surface area contributed by atoms with Crippen LogP contribution in [-0.2, 0) is 0 Å². The summed E-state index contributed by atoms with van der Waals surface area (Å²) < 4.78 is 0. The summed E-state index contributed by atoms with van der Waals surface area (Å²) in [5.74, 6) is 1.22.